The lowest BCUT2D eigenvalue weighted by atomic mass is 9.58. The highest BCUT2D eigenvalue weighted by atomic mass is 16.5. The molecule has 126 valence electrons. The highest BCUT2D eigenvalue weighted by Gasteiger charge is 2.52. The Morgan fingerprint density at radius 1 is 1.17 bits per heavy atom. The van der Waals surface area contributed by atoms with Crippen molar-refractivity contribution >= 4 is 5.91 Å². The minimum atomic E-state index is -0.151. The van der Waals surface area contributed by atoms with Crippen molar-refractivity contribution in [3.05, 3.63) is 24.4 Å². The normalized spacial score (nSPS) is 30.6. The zero-order valence-corrected chi connectivity index (χ0v) is 14.1. The molecule has 0 bridgehead atoms. The third-order valence-electron chi connectivity index (χ3n) is 6.19. The number of hydrogen-bond donors (Lipinski definition) is 1. The standard InChI is InChI=1S/C19H28N2O2/c1-18(12-8-15(9-13-18)17(20)22)19(10-4-2-5-11-19)23-16-7-3-6-14-21-16/h3,6-7,14-15H,2,4-5,8-13H2,1H3,(H2,20,22). The molecule has 0 atom stereocenters. The number of ether oxygens (including phenoxy) is 1. The fraction of sp³-hybridized carbons (Fsp3) is 0.684. The van der Waals surface area contributed by atoms with Gasteiger partial charge < -0.3 is 10.5 Å². The maximum absolute atomic E-state index is 11.5. The van der Waals surface area contributed by atoms with E-state index in [1.54, 1.807) is 6.20 Å². The number of carbonyl (C=O) groups is 1. The molecule has 4 nitrogen and oxygen atoms in total. The molecule has 0 aliphatic heterocycles. The van der Waals surface area contributed by atoms with Gasteiger partial charge in [-0.3, -0.25) is 4.79 Å². The Kier molecular flexibility index (Phi) is 4.60. The summed E-state index contributed by atoms with van der Waals surface area (Å²) in [7, 11) is 0. The smallest absolute Gasteiger partial charge is 0.220 e. The fourth-order valence-corrected chi connectivity index (χ4v) is 4.55. The summed E-state index contributed by atoms with van der Waals surface area (Å²) in [4.78, 5) is 15.9. The number of amides is 1. The first-order valence-electron chi connectivity index (χ1n) is 8.94. The van der Waals surface area contributed by atoms with E-state index in [9.17, 15) is 4.79 Å². The van der Waals surface area contributed by atoms with Crippen LogP contribution < -0.4 is 10.5 Å². The summed E-state index contributed by atoms with van der Waals surface area (Å²) in [6.45, 7) is 2.35. The second-order valence-electron chi connectivity index (χ2n) is 7.56. The zero-order chi connectivity index (χ0) is 16.3. The van der Waals surface area contributed by atoms with Gasteiger partial charge in [0.15, 0.2) is 0 Å². The molecule has 0 unspecified atom stereocenters. The van der Waals surface area contributed by atoms with Gasteiger partial charge in [-0.25, -0.2) is 4.98 Å². The molecule has 4 heteroatoms. The Hall–Kier alpha value is -1.58. The zero-order valence-electron chi connectivity index (χ0n) is 14.1. The van der Waals surface area contributed by atoms with Gasteiger partial charge in [0.05, 0.1) is 0 Å². The predicted molar refractivity (Wildman–Crippen MR) is 89.9 cm³/mol. The van der Waals surface area contributed by atoms with Gasteiger partial charge in [0.1, 0.15) is 5.60 Å². The molecule has 0 saturated heterocycles. The van der Waals surface area contributed by atoms with Crippen molar-refractivity contribution in [3.63, 3.8) is 0 Å². The summed E-state index contributed by atoms with van der Waals surface area (Å²) in [5.74, 6) is 0.626. The minimum Gasteiger partial charge on any atom is -0.470 e. The van der Waals surface area contributed by atoms with Gasteiger partial charge in [-0.05, 0) is 57.4 Å². The van der Waals surface area contributed by atoms with Crippen molar-refractivity contribution in [1.82, 2.24) is 4.98 Å². The van der Waals surface area contributed by atoms with Crippen LogP contribution in [0.2, 0.25) is 0 Å². The molecule has 2 aliphatic rings. The molecule has 0 aromatic carbocycles. The summed E-state index contributed by atoms with van der Waals surface area (Å²) in [6, 6.07) is 5.85. The molecule has 1 heterocycles. The first-order valence-corrected chi connectivity index (χ1v) is 8.94. The van der Waals surface area contributed by atoms with Crippen molar-refractivity contribution in [1.29, 1.82) is 0 Å². The second-order valence-corrected chi connectivity index (χ2v) is 7.56. The third-order valence-corrected chi connectivity index (χ3v) is 6.19. The molecular formula is C19H28N2O2. The molecule has 23 heavy (non-hydrogen) atoms. The fourth-order valence-electron chi connectivity index (χ4n) is 4.55. The Morgan fingerprint density at radius 2 is 1.87 bits per heavy atom. The minimum absolute atomic E-state index is 0.0403. The first-order chi connectivity index (χ1) is 11.0. The number of nitrogens with zero attached hydrogens (tertiary/aromatic N) is 1. The molecule has 1 amide bonds. The van der Waals surface area contributed by atoms with Crippen LogP contribution in [0.4, 0.5) is 0 Å². The van der Waals surface area contributed by atoms with Gasteiger partial charge in [0.2, 0.25) is 11.8 Å². The number of primary amides is 1. The third kappa shape index (κ3) is 3.22. The van der Waals surface area contributed by atoms with E-state index >= 15 is 0 Å². The lowest BCUT2D eigenvalue weighted by Gasteiger charge is -2.53. The van der Waals surface area contributed by atoms with Gasteiger partial charge >= 0.3 is 0 Å². The van der Waals surface area contributed by atoms with Crippen LogP contribution in [0.3, 0.4) is 0 Å². The molecule has 0 radical (unpaired) electrons. The number of carbonyl (C=O) groups excluding carboxylic acids is 1. The van der Waals surface area contributed by atoms with E-state index in [1.807, 2.05) is 18.2 Å². The molecule has 2 N–H and O–H groups in total. The SMILES string of the molecule is CC1(C2(Oc3ccccn3)CCCCC2)CCC(C(N)=O)CC1. The quantitative estimate of drug-likeness (QED) is 0.917. The Bertz CT molecular complexity index is 530. The molecule has 1 aromatic heterocycles. The molecule has 2 aliphatic carbocycles. The first kappa shape index (κ1) is 16.3. The Morgan fingerprint density at radius 3 is 2.43 bits per heavy atom. The van der Waals surface area contributed by atoms with Gasteiger partial charge in [-0.2, -0.15) is 0 Å². The van der Waals surface area contributed by atoms with E-state index in [-0.39, 0.29) is 22.8 Å². The average Bonchev–Trinajstić information content (AvgIpc) is 2.57. The number of nitrogens with two attached hydrogens (primary N) is 1. The lowest BCUT2D eigenvalue weighted by Crippen LogP contribution is -2.54. The lowest BCUT2D eigenvalue weighted by molar-refractivity contribution is -0.129. The van der Waals surface area contributed by atoms with E-state index in [0.717, 1.165) is 44.4 Å². The van der Waals surface area contributed by atoms with E-state index < -0.39 is 0 Å². The largest absolute Gasteiger partial charge is 0.470 e. The molecule has 2 fully saturated rings. The van der Waals surface area contributed by atoms with Gasteiger partial charge in [0, 0.05) is 23.6 Å². The molecule has 0 spiro atoms. The number of hydrogen-bond acceptors (Lipinski definition) is 3. The van der Waals surface area contributed by atoms with Crippen molar-refractivity contribution < 1.29 is 9.53 Å². The summed E-state index contributed by atoms with van der Waals surface area (Å²) < 4.78 is 6.55. The summed E-state index contributed by atoms with van der Waals surface area (Å²) in [5, 5.41) is 0. The Balaban J connectivity index is 1.82. The van der Waals surface area contributed by atoms with Crippen LogP contribution >= 0.6 is 0 Å². The van der Waals surface area contributed by atoms with Crippen LogP contribution in [0, 0.1) is 11.3 Å². The highest BCUT2D eigenvalue weighted by molar-refractivity contribution is 5.76. The van der Waals surface area contributed by atoms with Crippen molar-refractivity contribution in [2.24, 2.45) is 17.1 Å². The monoisotopic (exact) mass is 316 g/mol. The van der Waals surface area contributed by atoms with E-state index in [1.165, 1.54) is 19.3 Å². The van der Waals surface area contributed by atoms with Gasteiger partial charge in [-0.1, -0.05) is 19.4 Å². The molecular weight excluding hydrogens is 288 g/mol. The maximum Gasteiger partial charge on any atom is 0.220 e. The van der Waals surface area contributed by atoms with Crippen LogP contribution in [0.25, 0.3) is 0 Å². The molecule has 1 aromatic rings. The summed E-state index contributed by atoms with van der Waals surface area (Å²) in [5.41, 5.74) is 5.45. The highest BCUT2D eigenvalue weighted by Crippen LogP contribution is 2.53. The second kappa shape index (κ2) is 6.50. The van der Waals surface area contributed by atoms with Gasteiger partial charge in [-0.15, -0.1) is 0 Å². The summed E-state index contributed by atoms with van der Waals surface area (Å²) >= 11 is 0. The molecule has 3 rings (SSSR count). The van der Waals surface area contributed by atoms with Crippen LogP contribution in [0.15, 0.2) is 24.4 Å². The van der Waals surface area contributed by atoms with Crippen LogP contribution in [0.1, 0.15) is 64.7 Å². The average molecular weight is 316 g/mol. The summed E-state index contributed by atoms with van der Waals surface area (Å²) in [6.07, 6.45) is 11.5. The van der Waals surface area contributed by atoms with E-state index in [2.05, 4.69) is 11.9 Å². The van der Waals surface area contributed by atoms with Gasteiger partial charge in [0.25, 0.3) is 0 Å². The number of rotatable bonds is 4. The van der Waals surface area contributed by atoms with Crippen molar-refractivity contribution in [2.75, 3.05) is 0 Å². The topological polar surface area (TPSA) is 65.2 Å². The number of aromatic nitrogens is 1. The van der Waals surface area contributed by atoms with E-state index in [0.29, 0.717) is 0 Å². The van der Waals surface area contributed by atoms with Crippen LogP contribution in [-0.4, -0.2) is 16.5 Å². The molecule has 2 saturated carbocycles. The maximum atomic E-state index is 11.5. The Labute approximate surface area is 138 Å². The number of pyridine rings is 1. The van der Waals surface area contributed by atoms with Crippen LogP contribution in [0.5, 0.6) is 5.88 Å². The van der Waals surface area contributed by atoms with E-state index in [4.69, 9.17) is 10.5 Å². The van der Waals surface area contributed by atoms with Crippen molar-refractivity contribution in [3.8, 4) is 5.88 Å². The van der Waals surface area contributed by atoms with Crippen molar-refractivity contribution in [2.45, 2.75) is 70.3 Å². The predicted octanol–water partition coefficient (Wildman–Crippen LogP) is 3.85. The van der Waals surface area contributed by atoms with Crippen LogP contribution in [-0.2, 0) is 4.79 Å².